The largest absolute Gasteiger partial charge is 0.497 e. The first-order valence-electron chi connectivity index (χ1n) is 10.1. The lowest BCUT2D eigenvalue weighted by Gasteiger charge is -2.14. The minimum Gasteiger partial charge on any atom is -0.497 e. The molecule has 3 rings (SSSR count). The van der Waals surface area contributed by atoms with Crippen molar-refractivity contribution < 1.29 is 14.3 Å². The highest BCUT2D eigenvalue weighted by Crippen LogP contribution is 2.26. The highest BCUT2D eigenvalue weighted by Gasteiger charge is 2.18. The number of anilines is 2. The Kier molecular flexibility index (Phi) is 6.65. The highest BCUT2D eigenvalue weighted by molar-refractivity contribution is 6.08. The maximum absolute atomic E-state index is 13.1. The summed E-state index contributed by atoms with van der Waals surface area (Å²) in [4.78, 5) is 25.2. The van der Waals surface area contributed by atoms with E-state index in [1.54, 1.807) is 25.3 Å². The molecule has 7 heteroatoms. The second-order valence-electron chi connectivity index (χ2n) is 7.57. The zero-order valence-electron chi connectivity index (χ0n) is 18.4. The SMILES string of the molecule is COc1ccc(-n2c(C)cc(C(=O)Nc3ccccc3NC(=O)NC(C)C)c2C)cc1. The second kappa shape index (κ2) is 9.38. The highest BCUT2D eigenvalue weighted by atomic mass is 16.5. The van der Waals surface area contributed by atoms with E-state index in [0.717, 1.165) is 22.8 Å². The normalized spacial score (nSPS) is 10.6. The average molecular weight is 421 g/mol. The van der Waals surface area contributed by atoms with Gasteiger partial charge in [0.05, 0.1) is 24.0 Å². The van der Waals surface area contributed by atoms with Crippen LogP contribution in [-0.4, -0.2) is 29.7 Å². The summed E-state index contributed by atoms with van der Waals surface area (Å²) in [5, 5.41) is 8.48. The summed E-state index contributed by atoms with van der Waals surface area (Å²) in [6.45, 7) is 7.63. The molecule has 0 aliphatic rings. The first-order valence-corrected chi connectivity index (χ1v) is 10.1. The number of methoxy groups -OCH3 is 1. The van der Waals surface area contributed by atoms with Crippen LogP contribution >= 0.6 is 0 Å². The van der Waals surface area contributed by atoms with Gasteiger partial charge in [-0.1, -0.05) is 12.1 Å². The molecule has 0 saturated heterocycles. The van der Waals surface area contributed by atoms with Crippen LogP contribution < -0.4 is 20.7 Å². The monoisotopic (exact) mass is 420 g/mol. The van der Waals surface area contributed by atoms with Gasteiger partial charge in [0.15, 0.2) is 0 Å². The van der Waals surface area contributed by atoms with E-state index in [9.17, 15) is 9.59 Å². The van der Waals surface area contributed by atoms with Gasteiger partial charge < -0.3 is 25.3 Å². The van der Waals surface area contributed by atoms with Crippen molar-refractivity contribution in [2.24, 2.45) is 0 Å². The van der Waals surface area contributed by atoms with Crippen LogP contribution in [0.25, 0.3) is 5.69 Å². The summed E-state index contributed by atoms with van der Waals surface area (Å²) < 4.78 is 7.25. The number of ether oxygens (including phenoxy) is 1. The van der Waals surface area contributed by atoms with Crippen LogP contribution in [0.1, 0.15) is 35.6 Å². The van der Waals surface area contributed by atoms with Gasteiger partial charge in [0, 0.05) is 23.1 Å². The third kappa shape index (κ3) is 5.06. The van der Waals surface area contributed by atoms with E-state index >= 15 is 0 Å². The van der Waals surface area contributed by atoms with Crippen molar-refractivity contribution in [2.45, 2.75) is 33.7 Å². The summed E-state index contributed by atoms with van der Waals surface area (Å²) >= 11 is 0. The third-order valence-electron chi connectivity index (χ3n) is 4.85. The molecule has 0 atom stereocenters. The minimum absolute atomic E-state index is 0.00472. The number of aryl methyl sites for hydroxylation is 1. The number of carbonyl (C=O) groups excluding carboxylic acids is 2. The van der Waals surface area contributed by atoms with E-state index in [0.29, 0.717) is 16.9 Å². The van der Waals surface area contributed by atoms with Crippen LogP contribution in [0.3, 0.4) is 0 Å². The molecule has 2 aromatic carbocycles. The maximum Gasteiger partial charge on any atom is 0.319 e. The Balaban J connectivity index is 1.84. The van der Waals surface area contributed by atoms with Crippen molar-refractivity contribution in [3.63, 3.8) is 0 Å². The summed E-state index contributed by atoms with van der Waals surface area (Å²) in [7, 11) is 1.63. The number of urea groups is 1. The molecule has 1 heterocycles. The molecule has 0 radical (unpaired) electrons. The molecule has 0 aliphatic carbocycles. The van der Waals surface area contributed by atoms with Crippen molar-refractivity contribution in [1.29, 1.82) is 0 Å². The molecule has 7 nitrogen and oxygen atoms in total. The Labute approximate surface area is 182 Å². The molecule has 3 amide bonds. The number of hydrogen-bond donors (Lipinski definition) is 3. The van der Waals surface area contributed by atoms with Crippen LogP contribution in [0.2, 0.25) is 0 Å². The molecule has 1 aromatic heterocycles. The number of para-hydroxylation sites is 2. The van der Waals surface area contributed by atoms with Crippen molar-refractivity contribution >= 4 is 23.3 Å². The van der Waals surface area contributed by atoms with E-state index in [-0.39, 0.29) is 18.0 Å². The summed E-state index contributed by atoms with van der Waals surface area (Å²) in [5.74, 6) is 0.529. The topological polar surface area (TPSA) is 84.4 Å². The fourth-order valence-corrected chi connectivity index (χ4v) is 3.43. The molecular formula is C24H28N4O3. The van der Waals surface area contributed by atoms with Gasteiger partial charge in [-0.05, 0) is 70.2 Å². The Bertz CT molecular complexity index is 1080. The van der Waals surface area contributed by atoms with Crippen LogP contribution in [0.5, 0.6) is 5.75 Å². The Morgan fingerprint density at radius 2 is 1.55 bits per heavy atom. The van der Waals surface area contributed by atoms with Gasteiger partial charge >= 0.3 is 6.03 Å². The quantitative estimate of drug-likeness (QED) is 0.531. The van der Waals surface area contributed by atoms with Gasteiger partial charge in [0.25, 0.3) is 5.91 Å². The Morgan fingerprint density at radius 1 is 0.935 bits per heavy atom. The fraction of sp³-hybridized carbons (Fsp3) is 0.250. The number of benzene rings is 2. The van der Waals surface area contributed by atoms with Crippen LogP contribution in [0.4, 0.5) is 16.2 Å². The Hall–Kier alpha value is -3.74. The first kappa shape index (κ1) is 22.0. The summed E-state index contributed by atoms with van der Waals surface area (Å²) in [6, 6.07) is 16.3. The van der Waals surface area contributed by atoms with Gasteiger partial charge in [-0.2, -0.15) is 0 Å². The lowest BCUT2D eigenvalue weighted by Crippen LogP contribution is -2.34. The zero-order chi connectivity index (χ0) is 22.5. The second-order valence-corrected chi connectivity index (χ2v) is 7.57. The summed E-state index contributed by atoms with van der Waals surface area (Å²) in [6.07, 6.45) is 0. The van der Waals surface area contributed by atoms with Gasteiger partial charge in [-0.15, -0.1) is 0 Å². The number of hydrogen-bond acceptors (Lipinski definition) is 3. The minimum atomic E-state index is -0.325. The van der Waals surface area contributed by atoms with Crippen molar-refractivity contribution in [2.75, 3.05) is 17.7 Å². The van der Waals surface area contributed by atoms with E-state index in [4.69, 9.17) is 4.74 Å². The number of amides is 3. The predicted molar refractivity (Wildman–Crippen MR) is 123 cm³/mol. The lowest BCUT2D eigenvalue weighted by atomic mass is 10.2. The predicted octanol–water partition coefficient (Wildman–Crippen LogP) is 4.88. The molecule has 0 unspecified atom stereocenters. The lowest BCUT2D eigenvalue weighted by molar-refractivity contribution is 0.102. The number of rotatable bonds is 6. The molecule has 0 spiro atoms. The standard InChI is InChI=1S/C24H28N4O3/c1-15(2)25-24(30)27-22-9-7-6-8-21(22)26-23(29)20-14-16(3)28(17(20)4)18-10-12-19(31-5)13-11-18/h6-15H,1-5H3,(H,26,29)(H2,25,27,30). The van der Waals surface area contributed by atoms with E-state index < -0.39 is 0 Å². The van der Waals surface area contributed by atoms with Crippen molar-refractivity contribution in [3.05, 3.63) is 71.5 Å². The van der Waals surface area contributed by atoms with Gasteiger partial charge in [-0.25, -0.2) is 4.79 Å². The van der Waals surface area contributed by atoms with Gasteiger partial charge in [-0.3, -0.25) is 4.79 Å². The molecule has 31 heavy (non-hydrogen) atoms. The smallest absolute Gasteiger partial charge is 0.319 e. The number of carbonyl (C=O) groups is 2. The number of nitrogens with one attached hydrogen (secondary N) is 3. The van der Waals surface area contributed by atoms with E-state index in [2.05, 4.69) is 16.0 Å². The molecule has 0 fully saturated rings. The third-order valence-corrected chi connectivity index (χ3v) is 4.85. The molecule has 3 aromatic rings. The number of nitrogens with zero attached hydrogens (tertiary/aromatic N) is 1. The van der Waals surface area contributed by atoms with Gasteiger partial charge in [0.2, 0.25) is 0 Å². The molecular weight excluding hydrogens is 392 g/mol. The van der Waals surface area contributed by atoms with E-state index in [1.165, 1.54) is 0 Å². The van der Waals surface area contributed by atoms with Crippen LogP contribution in [-0.2, 0) is 0 Å². The average Bonchev–Trinajstić information content (AvgIpc) is 3.03. The molecule has 3 N–H and O–H groups in total. The zero-order valence-corrected chi connectivity index (χ0v) is 18.4. The van der Waals surface area contributed by atoms with E-state index in [1.807, 2.05) is 68.7 Å². The van der Waals surface area contributed by atoms with Crippen molar-refractivity contribution in [1.82, 2.24) is 9.88 Å². The van der Waals surface area contributed by atoms with Gasteiger partial charge in [0.1, 0.15) is 5.75 Å². The first-order chi connectivity index (χ1) is 14.8. The number of aromatic nitrogens is 1. The maximum atomic E-state index is 13.1. The summed E-state index contributed by atoms with van der Waals surface area (Å²) in [5.41, 5.74) is 4.33. The van der Waals surface area contributed by atoms with Crippen LogP contribution in [0.15, 0.2) is 54.6 Å². The Morgan fingerprint density at radius 3 is 2.13 bits per heavy atom. The van der Waals surface area contributed by atoms with Crippen LogP contribution in [0, 0.1) is 13.8 Å². The molecule has 0 aliphatic heterocycles. The molecule has 0 saturated carbocycles. The fourth-order valence-electron chi connectivity index (χ4n) is 3.43. The molecule has 0 bridgehead atoms. The van der Waals surface area contributed by atoms with Crippen molar-refractivity contribution in [3.8, 4) is 11.4 Å². The molecule has 162 valence electrons.